The summed E-state index contributed by atoms with van der Waals surface area (Å²) in [5.74, 6) is 0. The summed E-state index contributed by atoms with van der Waals surface area (Å²) in [6.07, 6.45) is 1.64. The lowest BCUT2D eigenvalue weighted by atomic mass is 10.4. The van der Waals surface area contributed by atoms with E-state index < -0.39 is 0 Å². The predicted molar refractivity (Wildman–Crippen MR) is 55.5 cm³/mol. The molecule has 2 rings (SSSR count). The van der Waals surface area contributed by atoms with Gasteiger partial charge in [-0.15, -0.1) is 0 Å². The predicted octanol–water partition coefficient (Wildman–Crippen LogP) is 2.92. The smallest absolute Gasteiger partial charge is 0.176 e. The van der Waals surface area contributed by atoms with Crippen LogP contribution in [0, 0.1) is 3.95 Å². The molecule has 1 N–H and O–H groups in total. The molecule has 66 valence electrons. The van der Waals surface area contributed by atoms with Crippen molar-refractivity contribution in [3.8, 4) is 10.7 Å². The Bertz CT molecular complexity index is 476. The molecule has 2 aromatic heterocycles. The van der Waals surface area contributed by atoms with Gasteiger partial charge in [-0.1, -0.05) is 22.9 Å². The molecule has 0 aliphatic heterocycles. The van der Waals surface area contributed by atoms with Crippen molar-refractivity contribution in [2.24, 2.45) is 0 Å². The molecule has 13 heavy (non-hydrogen) atoms. The van der Waals surface area contributed by atoms with Gasteiger partial charge in [0.15, 0.2) is 8.96 Å². The van der Waals surface area contributed by atoms with Crippen molar-refractivity contribution in [2.75, 3.05) is 0 Å². The first-order chi connectivity index (χ1) is 6.25. The molecule has 2 aromatic rings. The SMILES string of the molecule is S=c1[nH]nc(-c2cc(Cl)ccn2)s1. The van der Waals surface area contributed by atoms with Gasteiger partial charge < -0.3 is 0 Å². The van der Waals surface area contributed by atoms with Gasteiger partial charge in [-0.25, -0.2) is 0 Å². The molecule has 0 atom stereocenters. The van der Waals surface area contributed by atoms with Crippen LogP contribution in [-0.4, -0.2) is 15.2 Å². The molecule has 3 nitrogen and oxygen atoms in total. The Labute approximate surface area is 88.4 Å². The Hall–Kier alpha value is -0.780. The maximum absolute atomic E-state index is 5.80. The minimum absolute atomic E-state index is 0.636. The second-order valence-corrected chi connectivity index (χ2v) is 4.38. The van der Waals surface area contributed by atoms with E-state index in [-0.39, 0.29) is 0 Å². The fourth-order valence-electron chi connectivity index (χ4n) is 0.861. The molecule has 0 bridgehead atoms. The number of rotatable bonds is 1. The van der Waals surface area contributed by atoms with Crippen LogP contribution in [0.2, 0.25) is 5.02 Å². The Morgan fingerprint density at radius 1 is 1.54 bits per heavy atom. The average Bonchev–Trinajstić information content (AvgIpc) is 2.52. The highest BCUT2D eigenvalue weighted by Gasteiger charge is 2.03. The van der Waals surface area contributed by atoms with E-state index in [1.165, 1.54) is 11.3 Å². The van der Waals surface area contributed by atoms with E-state index in [9.17, 15) is 0 Å². The molecule has 0 aliphatic rings. The third kappa shape index (κ3) is 1.93. The molecular formula is C7H4ClN3S2. The summed E-state index contributed by atoms with van der Waals surface area (Å²) in [6.45, 7) is 0. The molecule has 2 heterocycles. The van der Waals surface area contributed by atoms with Crippen LogP contribution in [0.1, 0.15) is 0 Å². The van der Waals surface area contributed by atoms with E-state index in [0.717, 1.165) is 10.7 Å². The monoisotopic (exact) mass is 229 g/mol. The highest BCUT2D eigenvalue weighted by molar-refractivity contribution is 7.73. The Morgan fingerprint density at radius 2 is 2.38 bits per heavy atom. The quantitative estimate of drug-likeness (QED) is 0.765. The Balaban J connectivity index is 2.52. The van der Waals surface area contributed by atoms with Gasteiger partial charge in [0.2, 0.25) is 0 Å². The molecule has 0 aliphatic carbocycles. The number of halogens is 1. The van der Waals surface area contributed by atoms with E-state index in [1.54, 1.807) is 18.3 Å². The normalized spacial score (nSPS) is 10.2. The third-order valence-electron chi connectivity index (χ3n) is 1.38. The largest absolute Gasteiger partial charge is 0.258 e. The number of hydrogen-bond donors (Lipinski definition) is 1. The van der Waals surface area contributed by atoms with Gasteiger partial charge in [0.1, 0.15) is 5.69 Å². The zero-order chi connectivity index (χ0) is 9.26. The topological polar surface area (TPSA) is 41.6 Å². The van der Waals surface area contributed by atoms with Crippen LogP contribution >= 0.6 is 35.2 Å². The summed E-state index contributed by atoms with van der Waals surface area (Å²) in [6, 6.07) is 3.47. The first-order valence-corrected chi connectivity index (χ1v) is 5.03. The Morgan fingerprint density at radius 3 is 3.00 bits per heavy atom. The molecule has 0 saturated heterocycles. The summed E-state index contributed by atoms with van der Waals surface area (Å²) >= 11 is 12.1. The first kappa shape index (κ1) is 8.80. The molecular weight excluding hydrogens is 226 g/mol. The maximum atomic E-state index is 5.80. The number of nitrogens with zero attached hydrogens (tertiary/aromatic N) is 2. The van der Waals surface area contributed by atoms with Gasteiger partial charge in [0.25, 0.3) is 0 Å². The number of aromatic nitrogens is 3. The van der Waals surface area contributed by atoms with Crippen LogP contribution in [0.15, 0.2) is 18.3 Å². The van der Waals surface area contributed by atoms with Crippen molar-refractivity contribution in [3.05, 3.63) is 27.3 Å². The van der Waals surface area contributed by atoms with Gasteiger partial charge in [-0.2, -0.15) is 5.10 Å². The van der Waals surface area contributed by atoms with Gasteiger partial charge in [0, 0.05) is 11.2 Å². The van der Waals surface area contributed by atoms with E-state index in [4.69, 9.17) is 23.8 Å². The number of pyridine rings is 1. The van der Waals surface area contributed by atoms with E-state index >= 15 is 0 Å². The number of nitrogens with one attached hydrogen (secondary N) is 1. The van der Waals surface area contributed by atoms with Crippen molar-refractivity contribution in [3.63, 3.8) is 0 Å². The lowest BCUT2D eigenvalue weighted by molar-refractivity contribution is 1.08. The highest BCUT2D eigenvalue weighted by atomic mass is 35.5. The van der Waals surface area contributed by atoms with Crippen LogP contribution in [0.25, 0.3) is 10.7 Å². The third-order valence-corrected chi connectivity index (χ3v) is 2.73. The summed E-state index contributed by atoms with van der Waals surface area (Å²) in [7, 11) is 0. The second-order valence-electron chi connectivity index (χ2n) is 2.28. The average molecular weight is 230 g/mol. The minimum atomic E-state index is 0.636. The molecule has 0 spiro atoms. The molecule has 0 aromatic carbocycles. The number of hydrogen-bond acceptors (Lipinski definition) is 4. The number of aromatic amines is 1. The van der Waals surface area contributed by atoms with E-state index in [2.05, 4.69) is 15.2 Å². The van der Waals surface area contributed by atoms with Gasteiger partial charge in [0.05, 0.1) is 0 Å². The van der Waals surface area contributed by atoms with Gasteiger partial charge in [-0.05, 0) is 24.4 Å². The van der Waals surface area contributed by atoms with Crippen LogP contribution < -0.4 is 0 Å². The second kappa shape index (κ2) is 3.53. The molecule has 0 unspecified atom stereocenters. The minimum Gasteiger partial charge on any atom is -0.258 e. The lowest BCUT2D eigenvalue weighted by Gasteiger charge is -1.93. The summed E-state index contributed by atoms with van der Waals surface area (Å²) in [4.78, 5) is 4.12. The highest BCUT2D eigenvalue weighted by Crippen LogP contribution is 2.21. The van der Waals surface area contributed by atoms with Crippen molar-refractivity contribution in [2.45, 2.75) is 0 Å². The summed E-state index contributed by atoms with van der Waals surface area (Å²) in [5, 5.41) is 8.08. The van der Waals surface area contributed by atoms with Crippen molar-refractivity contribution < 1.29 is 0 Å². The van der Waals surface area contributed by atoms with Crippen LogP contribution in [-0.2, 0) is 0 Å². The zero-order valence-corrected chi connectivity index (χ0v) is 8.71. The Kier molecular flexibility index (Phi) is 2.39. The summed E-state index contributed by atoms with van der Waals surface area (Å²) in [5.41, 5.74) is 0.741. The van der Waals surface area contributed by atoms with Crippen molar-refractivity contribution >= 4 is 35.2 Å². The fourth-order valence-corrected chi connectivity index (χ4v) is 1.88. The molecule has 0 fully saturated rings. The maximum Gasteiger partial charge on any atom is 0.176 e. The van der Waals surface area contributed by atoms with Gasteiger partial charge in [-0.3, -0.25) is 10.1 Å². The molecule has 0 radical (unpaired) electrons. The fraction of sp³-hybridized carbons (Fsp3) is 0. The van der Waals surface area contributed by atoms with Gasteiger partial charge >= 0.3 is 0 Å². The lowest BCUT2D eigenvalue weighted by Crippen LogP contribution is -1.81. The molecule has 6 heteroatoms. The zero-order valence-electron chi connectivity index (χ0n) is 6.32. The van der Waals surface area contributed by atoms with Crippen LogP contribution in [0.3, 0.4) is 0 Å². The standard InChI is InChI=1S/C7H4ClN3S2/c8-4-1-2-9-5(3-4)6-10-11-7(12)13-6/h1-3H,(H,11,12). The van der Waals surface area contributed by atoms with E-state index in [0.29, 0.717) is 8.98 Å². The summed E-state index contributed by atoms with van der Waals surface area (Å²) < 4.78 is 0.636. The van der Waals surface area contributed by atoms with Crippen LogP contribution in [0.5, 0.6) is 0 Å². The van der Waals surface area contributed by atoms with Crippen molar-refractivity contribution in [1.82, 2.24) is 15.2 Å². The van der Waals surface area contributed by atoms with Crippen molar-refractivity contribution in [1.29, 1.82) is 0 Å². The number of H-pyrrole nitrogens is 1. The molecule has 0 amide bonds. The van der Waals surface area contributed by atoms with E-state index in [1.807, 2.05) is 0 Å². The van der Waals surface area contributed by atoms with Crippen LogP contribution in [0.4, 0.5) is 0 Å². The first-order valence-electron chi connectivity index (χ1n) is 3.43. The molecule has 0 saturated carbocycles.